The van der Waals surface area contributed by atoms with E-state index in [1.165, 1.54) is 5.56 Å². The highest BCUT2D eigenvalue weighted by molar-refractivity contribution is 8.05. The van der Waals surface area contributed by atoms with Gasteiger partial charge in [0.05, 0.1) is 0 Å². The first-order chi connectivity index (χ1) is 7.09. The third kappa shape index (κ3) is 4.01. The summed E-state index contributed by atoms with van der Waals surface area (Å²) in [5, 5.41) is 0. The lowest BCUT2D eigenvalue weighted by molar-refractivity contribution is 0.510. The molecule has 0 fully saturated rings. The summed E-state index contributed by atoms with van der Waals surface area (Å²) >= 11 is 10.7. The largest absolute Gasteiger partial charge is 0.428 e. The predicted molar refractivity (Wildman–Crippen MR) is 69.8 cm³/mol. The van der Waals surface area contributed by atoms with Gasteiger partial charge in [-0.15, -0.1) is 0 Å². The lowest BCUT2D eigenvalue weighted by Crippen LogP contribution is -2.11. The van der Waals surface area contributed by atoms with Crippen molar-refractivity contribution in [2.75, 3.05) is 0 Å². The molecule has 0 saturated heterocycles. The van der Waals surface area contributed by atoms with Crippen LogP contribution in [0.4, 0.5) is 0 Å². The van der Waals surface area contributed by atoms with E-state index in [1.54, 1.807) is 6.07 Å². The maximum atomic E-state index is 11.1. The molecule has 2 nitrogen and oxygen atoms in total. The monoisotopic (exact) mass is 280 g/mol. The van der Waals surface area contributed by atoms with E-state index in [1.807, 2.05) is 19.1 Å². The van der Waals surface area contributed by atoms with E-state index in [4.69, 9.17) is 27.0 Å². The maximum Gasteiger partial charge on any atom is 0.428 e. The second-order valence-electron chi connectivity index (χ2n) is 4.74. The molecule has 16 heavy (non-hydrogen) atoms. The van der Waals surface area contributed by atoms with Crippen molar-refractivity contribution in [2.45, 2.75) is 33.1 Å². The van der Waals surface area contributed by atoms with Gasteiger partial charge in [0.25, 0.3) is 0 Å². The third-order valence-electron chi connectivity index (χ3n) is 2.25. The lowest BCUT2D eigenvalue weighted by Gasteiger charge is -2.20. The summed E-state index contributed by atoms with van der Waals surface area (Å²) in [6, 6.07) is 5.65. The number of hydrogen-bond acceptors (Lipinski definition) is 2. The molecule has 0 radical (unpaired) electrons. The summed E-state index contributed by atoms with van der Waals surface area (Å²) in [6.07, 6.45) is -3.53. The number of rotatable bonds is 2. The van der Waals surface area contributed by atoms with Crippen LogP contribution >= 0.6 is 28.6 Å². The Morgan fingerprint density at radius 2 is 1.81 bits per heavy atom. The first-order valence-corrected chi connectivity index (χ1v) is 8.33. The van der Waals surface area contributed by atoms with Crippen LogP contribution in [0.15, 0.2) is 18.2 Å². The van der Waals surface area contributed by atoms with E-state index >= 15 is 0 Å². The fourth-order valence-corrected chi connectivity index (χ4v) is 2.21. The summed E-state index contributed by atoms with van der Waals surface area (Å²) in [4.78, 5) is 0. The van der Waals surface area contributed by atoms with Gasteiger partial charge >= 0.3 is 6.07 Å². The Morgan fingerprint density at radius 3 is 2.19 bits per heavy atom. The lowest BCUT2D eigenvalue weighted by atomic mass is 9.86. The first-order valence-electron chi connectivity index (χ1n) is 4.90. The second-order valence-corrected chi connectivity index (χ2v) is 8.94. The molecule has 1 aromatic carbocycles. The zero-order valence-electron chi connectivity index (χ0n) is 9.75. The fourth-order valence-electron chi connectivity index (χ4n) is 1.33. The SMILES string of the molecule is Cc1cc(C(C)(C)C)ccc1OP(=O)(Cl)Cl. The molecular formula is C11H15Cl2O2P. The van der Waals surface area contributed by atoms with Crippen LogP contribution in [0.2, 0.25) is 0 Å². The summed E-state index contributed by atoms with van der Waals surface area (Å²) in [6.45, 7) is 8.23. The highest BCUT2D eigenvalue weighted by Gasteiger charge is 2.19. The number of halogens is 2. The van der Waals surface area contributed by atoms with Gasteiger partial charge in [-0.1, -0.05) is 32.9 Å². The van der Waals surface area contributed by atoms with Crippen molar-refractivity contribution in [3.8, 4) is 5.75 Å². The average Bonchev–Trinajstić information content (AvgIpc) is 2.04. The van der Waals surface area contributed by atoms with Gasteiger partial charge in [0.2, 0.25) is 0 Å². The number of benzene rings is 1. The van der Waals surface area contributed by atoms with Gasteiger partial charge in [0, 0.05) is 22.5 Å². The van der Waals surface area contributed by atoms with Crippen LogP contribution in [0, 0.1) is 6.92 Å². The first kappa shape index (κ1) is 13.9. The van der Waals surface area contributed by atoms with E-state index in [-0.39, 0.29) is 5.41 Å². The van der Waals surface area contributed by atoms with Crippen molar-refractivity contribution in [3.05, 3.63) is 29.3 Å². The molecule has 0 atom stereocenters. The summed E-state index contributed by atoms with van der Waals surface area (Å²) in [7, 11) is 0. The van der Waals surface area contributed by atoms with Crippen LogP contribution in [-0.2, 0) is 9.98 Å². The Hall–Kier alpha value is -0.170. The molecule has 1 aromatic rings. The number of aryl methyl sites for hydroxylation is 1. The van der Waals surface area contributed by atoms with Crippen LogP contribution in [0.25, 0.3) is 0 Å². The van der Waals surface area contributed by atoms with E-state index in [0.717, 1.165) is 5.56 Å². The predicted octanol–water partition coefficient (Wildman–Crippen LogP) is 5.26. The Labute approximate surface area is 106 Å². The molecular weight excluding hydrogens is 266 g/mol. The molecule has 5 heteroatoms. The van der Waals surface area contributed by atoms with Crippen molar-refractivity contribution in [1.82, 2.24) is 0 Å². The van der Waals surface area contributed by atoms with E-state index in [9.17, 15) is 4.57 Å². The smallest absolute Gasteiger partial charge is 0.422 e. The standard InChI is InChI=1S/C11H15Cl2O2P/c1-8-7-9(11(2,3)4)5-6-10(8)15-16(12,13)14/h5-7H,1-4H3. The maximum absolute atomic E-state index is 11.1. The van der Waals surface area contributed by atoms with Crippen LogP contribution in [-0.4, -0.2) is 0 Å². The number of hydrogen-bond donors (Lipinski definition) is 0. The van der Waals surface area contributed by atoms with Gasteiger partial charge in [0.15, 0.2) is 0 Å². The average molecular weight is 281 g/mol. The molecule has 1 rings (SSSR count). The summed E-state index contributed by atoms with van der Waals surface area (Å²) in [5.74, 6) is 0.460. The molecule has 0 N–H and O–H groups in total. The normalized spacial score (nSPS) is 12.6. The van der Waals surface area contributed by atoms with Gasteiger partial charge in [-0.2, -0.15) is 0 Å². The Kier molecular flexibility index (Phi) is 3.99. The quantitative estimate of drug-likeness (QED) is 0.691. The third-order valence-corrected chi connectivity index (χ3v) is 3.07. The molecule has 0 heterocycles. The van der Waals surface area contributed by atoms with Crippen LogP contribution in [0.1, 0.15) is 31.9 Å². The minimum atomic E-state index is -3.53. The zero-order chi connectivity index (χ0) is 12.6. The Morgan fingerprint density at radius 1 is 1.25 bits per heavy atom. The Balaban J connectivity index is 3.06. The van der Waals surface area contributed by atoms with Crippen molar-refractivity contribution < 1.29 is 9.09 Å². The molecule has 0 aliphatic heterocycles. The minimum absolute atomic E-state index is 0.0644. The fraction of sp³-hybridized carbons (Fsp3) is 0.455. The molecule has 0 aliphatic carbocycles. The van der Waals surface area contributed by atoms with Gasteiger partial charge in [-0.3, -0.25) is 0 Å². The molecule has 0 aromatic heterocycles. The second kappa shape index (κ2) is 4.60. The van der Waals surface area contributed by atoms with Crippen molar-refractivity contribution in [1.29, 1.82) is 0 Å². The van der Waals surface area contributed by atoms with Crippen LogP contribution in [0.3, 0.4) is 0 Å². The van der Waals surface area contributed by atoms with E-state index < -0.39 is 6.07 Å². The molecule has 0 bridgehead atoms. The van der Waals surface area contributed by atoms with E-state index in [2.05, 4.69) is 20.8 Å². The topological polar surface area (TPSA) is 26.3 Å². The molecule has 0 aliphatic rings. The van der Waals surface area contributed by atoms with Gasteiger partial charge in [-0.25, -0.2) is 4.57 Å². The highest BCUT2D eigenvalue weighted by Crippen LogP contribution is 2.57. The molecule has 0 unspecified atom stereocenters. The van der Waals surface area contributed by atoms with Crippen LogP contribution < -0.4 is 4.52 Å². The minimum Gasteiger partial charge on any atom is -0.422 e. The van der Waals surface area contributed by atoms with E-state index in [0.29, 0.717) is 5.75 Å². The zero-order valence-corrected chi connectivity index (χ0v) is 12.2. The highest BCUT2D eigenvalue weighted by atomic mass is 35.9. The Bertz CT molecular complexity index is 432. The molecule has 0 amide bonds. The summed E-state index contributed by atoms with van der Waals surface area (Å²) < 4.78 is 16.1. The van der Waals surface area contributed by atoms with Crippen molar-refractivity contribution in [2.24, 2.45) is 0 Å². The van der Waals surface area contributed by atoms with Gasteiger partial charge < -0.3 is 4.52 Å². The van der Waals surface area contributed by atoms with Crippen molar-refractivity contribution in [3.63, 3.8) is 0 Å². The summed E-state index contributed by atoms with van der Waals surface area (Å²) in [5.41, 5.74) is 2.11. The van der Waals surface area contributed by atoms with Crippen LogP contribution in [0.5, 0.6) is 5.75 Å². The van der Waals surface area contributed by atoms with Crippen molar-refractivity contribution >= 4 is 28.6 Å². The van der Waals surface area contributed by atoms with Gasteiger partial charge in [0.1, 0.15) is 5.75 Å². The molecule has 0 spiro atoms. The molecule has 0 saturated carbocycles. The molecule has 90 valence electrons. The van der Waals surface area contributed by atoms with Gasteiger partial charge in [-0.05, 0) is 29.5 Å².